The molecule has 1 N–H and O–H groups in total. The van der Waals surface area contributed by atoms with Crippen molar-refractivity contribution in [3.8, 4) is 11.4 Å². The first-order chi connectivity index (χ1) is 14.4. The molecule has 1 atom stereocenters. The minimum atomic E-state index is -0.316. The highest BCUT2D eigenvalue weighted by Gasteiger charge is 2.31. The highest BCUT2D eigenvalue weighted by Crippen LogP contribution is 2.41. The van der Waals surface area contributed by atoms with E-state index in [9.17, 15) is 9.18 Å². The molecule has 2 aromatic carbocycles. The van der Waals surface area contributed by atoms with E-state index in [0.29, 0.717) is 16.5 Å². The van der Waals surface area contributed by atoms with E-state index in [1.807, 2.05) is 17.6 Å². The number of benzene rings is 2. The maximum absolute atomic E-state index is 14.3. The molecule has 30 heavy (non-hydrogen) atoms. The fourth-order valence-electron chi connectivity index (χ4n) is 3.39. The molecule has 1 aromatic heterocycles. The van der Waals surface area contributed by atoms with Crippen LogP contribution >= 0.6 is 11.8 Å². The molecule has 1 saturated carbocycles. The summed E-state index contributed by atoms with van der Waals surface area (Å²) in [5.41, 5.74) is 3.97. The van der Waals surface area contributed by atoms with E-state index >= 15 is 0 Å². The Kier molecular flexibility index (Phi) is 5.90. The van der Waals surface area contributed by atoms with E-state index in [2.05, 4.69) is 41.5 Å². The number of nitrogens with one attached hydrogen (secondary N) is 1. The first-order valence-electron chi connectivity index (χ1n) is 10.1. The van der Waals surface area contributed by atoms with Crippen molar-refractivity contribution in [2.24, 2.45) is 0 Å². The summed E-state index contributed by atoms with van der Waals surface area (Å²) in [6.45, 7) is 6.13. The van der Waals surface area contributed by atoms with Crippen LogP contribution in [0.4, 0.5) is 4.39 Å². The first kappa shape index (κ1) is 20.6. The van der Waals surface area contributed by atoms with Crippen molar-refractivity contribution >= 4 is 17.7 Å². The third-order valence-corrected chi connectivity index (χ3v) is 6.38. The summed E-state index contributed by atoms with van der Waals surface area (Å²) in [6.07, 6.45) is 2.03. The van der Waals surface area contributed by atoms with Crippen LogP contribution in [0.2, 0.25) is 0 Å². The summed E-state index contributed by atoms with van der Waals surface area (Å²) in [5, 5.41) is 12.2. The average molecular weight is 425 g/mol. The van der Waals surface area contributed by atoms with Gasteiger partial charge in [0.2, 0.25) is 5.91 Å². The molecule has 0 radical (unpaired) electrons. The zero-order valence-corrected chi connectivity index (χ0v) is 18.2. The lowest BCUT2D eigenvalue weighted by Crippen LogP contribution is -2.28. The van der Waals surface area contributed by atoms with Gasteiger partial charge < -0.3 is 5.32 Å². The van der Waals surface area contributed by atoms with Crippen molar-refractivity contribution < 1.29 is 9.18 Å². The van der Waals surface area contributed by atoms with Crippen molar-refractivity contribution in [3.63, 3.8) is 0 Å². The van der Waals surface area contributed by atoms with Gasteiger partial charge in [-0.15, -0.1) is 10.2 Å². The molecule has 0 aliphatic heterocycles. The van der Waals surface area contributed by atoms with E-state index in [-0.39, 0.29) is 29.6 Å². The fourth-order valence-corrected chi connectivity index (χ4v) is 4.21. The molecule has 1 fully saturated rings. The lowest BCUT2D eigenvalue weighted by Gasteiger charge is -2.16. The molecule has 1 amide bonds. The fraction of sp³-hybridized carbons (Fsp3) is 0.348. The maximum atomic E-state index is 14.3. The van der Waals surface area contributed by atoms with Gasteiger partial charge in [0, 0.05) is 6.04 Å². The molecule has 0 bridgehead atoms. The number of hydrogen-bond donors (Lipinski definition) is 1. The highest BCUT2D eigenvalue weighted by molar-refractivity contribution is 7.99. The molecular formula is C23H25FN4OS. The Morgan fingerprint density at radius 3 is 2.67 bits per heavy atom. The zero-order valence-electron chi connectivity index (χ0n) is 17.4. The van der Waals surface area contributed by atoms with Crippen molar-refractivity contribution in [3.05, 3.63) is 65.0 Å². The van der Waals surface area contributed by atoms with Gasteiger partial charge in [0.25, 0.3) is 0 Å². The monoisotopic (exact) mass is 424 g/mol. The van der Waals surface area contributed by atoms with Crippen LogP contribution in [-0.2, 0) is 4.79 Å². The van der Waals surface area contributed by atoms with Crippen LogP contribution in [0.15, 0.2) is 47.6 Å². The molecule has 1 unspecified atom stereocenters. The Balaban J connectivity index is 1.44. The molecule has 4 rings (SSSR count). The van der Waals surface area contributed by atoms with Gasteiger partial charge in [-0.05, 0) is 62.4 Å². The highest BCUT2D eigenvalue weighted by atomic mass is 32.2. The van der Waals surface area contributed by atoms with Crippen LogP contribution in [-0.4, -0.2) is 26.4 Å². The number of hydrogen-bond acceptors (Lipinski definition) is 4. The number of amides is 1. The second-order valence-electron chi connectivity index (χ2n) is 7.81. The maximum Gasteiger partial charge on any atom is 0.230 e. The number of nitrogens with zero attached hydrogens (tertiary/aromatic N) is 3. The average Bonchev–Trinajstić information content (AvgIpc) is 3.48. The SMILES string of the molecule is Cc1ccc(C(C)NC(=O)CSc2nnc(-c3ccccc3F)n2C2CC2)cc1C. The Bertz CT molecular complexity index is 1080. The summed E-state index contributed by atoms with van der Waals surface area (Å²) in [7, 11) is 0. The van der Waals surface area contributed by atoms with Crippen LogP contribution in [0.1, 0.15) is 48.5 Å². The molecule has 3 aromatic rings. The largest absolute Gasteiger partial charge is 0.349 e. The molecule has 5 nitrogen and oxygen atoms in total. The molecule has 1 aliphatic carbocycles. The summed E-state index contributed by atoms with van der Waals surface area (Å²) < 4.78 is 16.2. The van der Waals surface area contributed by atoms with Gasteiger partial charge in [-0.25, -0.2) is 4.39 Å². The summed E-state index contributed by atoms with van der Waals surface area (Å²) in [4.78, 5) is 12.5. The van der Waals surface area contributed by atoms with Crippen molar-refractivity contribution in [2.75, 3.05) is 5.75 Å². The van der Waals surface area contributed by atoms with Crippen LogP contribution in [0.3, 0.4) is 0 Å². The van der Waals surface area contributed by atoms with E-state index < -0.39 is 0 Å². The summed E-state index contributed by atoms with van der Waals surface area (Å²) >= 11 is 1.34. The predicted molar refractivity (Wildman–Crippen MR) is 117 cm³/mol. The molecular weight excluding hydrogens is 399 g/mol. The van der Waals surface area contributed by atoms with E-state index in [4.69, 9.17) is 0 Å². The quantitative estimate of drug-likeness (QED) is 0.542. The van der Waals surface area contributed by atoms with Crippen molar-refractivity contribution in [1.29, 1.82) is 0 Å². The molecule has 156 valence electrons. The predicted octanol–water partition coefficient (Wildman–Crippen LogP) is 5.01. The lowest BCUT2D eigenvalue weighted by molar-refractivity contribution is -0.119. The topological polar surface area (TPSA) is 59.8 Å². The smallest absolute Gasteiger partial charge is 0.230 e. The lowest BCUT2D eigenvalue weighted by atomic mass is 10.0. The standard InChI is InChI=1S/C23H25FN4OS/c1-14-8-9-17(12-15(14)2)16(3)25-21(29)13-30-23-27-26-22(28(23)18-10-11-18)19-6-4-5-7-20(19)24/h4-9,12,16,18H,10-11,13H2,1-3H3,(H,25,29). The van der Waals surface area contributed by atoms with Gasteiger partial charge in [-0.1, -0.05) is 42.1 Å². The molecule has 7 heteroatoms. The third kappa shape index (κ3) is 4.41. The van der Waals surface area contributed by atoms with Gasteiger partial charge in [-0.3, -0.25) is 9.36 Å². The Labute approximate surface area is 180 Å². The number of thioether (sulfide) groups is 1. The number of halogens is 1. The molecule has 0 saturated heterocycles. The summed E-state index contributed by atoms with van der Waals surface area (Å²) in [6, 6.07) is 13.0. The Morgan fingerprint density at radius 2 is 1.97 bits per heavy atom. The zero-order chi connectivity index (χ0) is 21.3. The molecule has 0 spiro atoms. The third-order valence-electron chi connectivity index (χ3n) is 5.43. The van der Waals surface area contributed by atoms with Gasteiger partial charge >= 0.3 is 0 Å². The summed E-state index contributed by atoms with van der Waals surface area (Å²) in [5.74, 6) is 0.381. The van der Waals surface area contributed by atoms with Crippen molar-refractivity contribution in [2.45, 2.75) is 50.9 Å². The van der Waals surface area contributed by atoms with Gasteiger partial charge in [0.1, 0.15) is 5.82 Å². The number of aromatic nitrogens is 3. The van der Waals surface area contributed by atoms with Crippen LogP contribution in [0.25, 0.3) is 11.4 Å². The number of carbonyl (C=O) groups excluding carboxylic acids is 1. The second-order valence-corrected chi connectivity index (χ2v) is 8.75. The van der Waals surface area contributed by atoms with E-state index in [1.54, 1.807) is 18.2 Å². The Hall–Kier alpha value is -2.67. The number of rotatable bonds is 7. The Morgan fingerprint density at radius 1 is 1.20 bits per heavy atom. The van der Waals surface area contributed by atoms with E-state index in [0.717, 1.165) is 18.4 Å². The number of carbonyl (C=O) groups is 1. The van der Waals surface area contributed by atoms with Crippen molar-refractivity contribution in [1.82, 2.24) is 20.1 Å². The minimum Gasteiger partial charge on any atom is -0.349 e. The van der Waals surface area contributed by atoms with Gasteiger partial charge in [0.05, 0.1) is 17.4 Å². The minimum absolute atomic E-state index is 0.0662. The van der Waals surface area contributed by atoms with Crippen LogP contribution in [0.5, 0.6) is 0 Å². The molecule has 1 aliphatic rings. The number of aryl methyl sites for hydroxylation is 2. The van der Waals surface area contributed by atoms with Gasteiger partial charge in [0.15, 0.2) is 11.0 Å². The second kappa shape index (κ2) is 8.60. The normalized spacial score (nSPS) is 14.5. The van der Waals surface area contributed by atoms with Crippen LogP contribution < -0.4 is 5.32 Å². The first-order valence-corrected chi connectivity index (χ1v) is 11.1. The van der Waals surface area contributed by atoms with E-state index in [1.165, 1.54) is 29.0 Å². The van der Waals surface area contributed by atoms with Gasteiger partial charge in [-0.2, -0.15) is 0 Å². The van der Waals surface area contributed by atoms with Crippen LogP contribution in [0, 0.1) is 19.7 Å². The molecule has 1 heterocycles.